The van der Waals surface area contributed by atoms with Crippen LogP contribution in [0.25, 0.3) is 21.9 Å². The molecule has 0 amide bonds. The Morgan fingerprint density at radius 1 is 0.886 bits per heavy atom. The van der Waals surface area contributed by atoms with Crippen molar-refractivity contribution < 1.29 is 13.3 Å². The van der Waals surface area contributed by atoms with Gasteiger partial charge in [0.1, 0.15) is 0 Å². The topological polar surface area (TPSA) is 114 Å². The molecular formula is C26H26N4O4S. The minimum Gasteiger partial charge on any atom is -0.315 e. The fraction of sp³-hybridized carbons (Fsp3) is 0.192. The molecule has 0 unspecified atom stereocenters. The maximum absolute atomic E-state index is 13.2. The number of nitrogens with zero attached hydrogens (tertiary/aromatic N) is 2. The number of nitro benzene ring substituents is 1. The maximum Gasteiger partial charge on any atom is 0.269 e. The summed E-state index contributed by atoms with van der Waals surface area (Å²) in [6, 6.07) is 21.6. The van der Waals surface area contributed by atoms with E-state index in [9.17, 15) is 18.5 Å². The number of nitro groups is 1. The van der Waals surface area contributed by atoms with Crippen LogP contribution in [-0.2, 0) is 16.4 Å². The lowest BCUT2D eigenvalue weighted by Crippen LogP contribution is -2.32. The molecule has 0 aliphatic rings. The van der Waals surface area contributed by atoms with Gasteiger partial charge in [-0.05, 0) is 54.3 Å². The Kier molecular flexibility index (Phi) is 7.81. The van der Waals surface area contributed by atoms with Gasteiger partial charge in [0, 0.05) is 48.4 Å². The van der Waals surface area contributed by atoms with Gasteiger partial charge < -0.3 is 5.32 Å². The lowest BCUT2D eigenvalue weighted by atomic mass is 10.0. The summed E-state index contributed by atoms with van der Waals surface area (Å²) in [5, 5.41) is 15.4. The largest absolute Gasteiger partial charge is 0.315 e. The molecule has 0 atom stereocenters. The summed E-state index contributed by atoms with van der Waals surface area (Å²) in [6.45, 7) is 1.44. The van der Waals surface area contributed by atoms with Gasteiger partial charge in [-0.25, -0.2) is 13.1 Å². The minimum atomic E-state index is -3.74. The van der Waals surface area contributed by atoms with Gasteiger partial charge in [0.15, 0.2) is 0 Å². The van der Waals surface area contributed by atoms with Crippen LogP contribution in [0, 0.1) is 10.1 Å². The summed E-state index contributed by atoms with van der Waals surface area (Å²) in [6.07, 6.45) is 4.88. The van der Waals surface area contributed by atoms with E-state index in [0.29, 0.717) is 18.5 Å². The summed E-state index contributed by atoms with van der Waals surface area (Å²) in [5.74, 6) is 0. The number of nitrogens with one attached hydrogen (secondary N) is 2. The Morgan fingerprint density at radius 3 is 2.40 bits per heavy atom. The Hall–Kier alpha value is -3.66. The van der Waals surface area contributed by atoms with Crippen molar-refractivity contribution in [3.63, 3.8) is 0 Å². The maximum atomic E-state index is 13.2. The van der Waals surface area contributed by atoms with E-state index in [0.717, 1.165) is 34.9 Å². The Labute approximate surface area is 204 Å². The fourth-order valence-electron chi connectivity index (χ4n) is 3.87. The van der Waals surface area contributed by atoms with Gasteiger partial charge in [0.05, 0.1) is 9.82 Å². The first kappa shape index (κ1) is 24.5. The van der Waals surface area contributed by atoms with Crippen LogP contribution in [0.1, 0.15) is 12.0 Å². The highest BCUT2D eigenvalue weighted by Crippen LogP contribution is 2.30. The third-order valence-corrected chi connectivity index (χ3v) is 7.17. The molecule has 0 fully saturated rings. The van der Waals surface area contributed by atoms with E-state index in [1.165, 1.54) is 12.1 Å². The van der Waals surface area contributed by atoms with Gasteiger partial charge in [0.25, 0.3) is 5.69 Å². The highest BCUT2D eigenvalue weighted by atomic mass is 32.2. The first-order chi connectivity index (χ1) is 16.9. The molecule has 0 saturated carbocycles. The van der Waals surface area contributed by atoms with Crippen LogP contribution in [0.2, 0.25) is 0 Å². The third-order valence-electron chi connectivity index (χ3n) is 5.67. The number of hydrogen-bond acceptors (Lipinski definition) is 6. The molecule has 180 valence electrons. The molecule has 0 aliphatic carbocycles. The molecule has 3 aromatic carbocycles. The number of pyridine rings is 1. The molecule has 0 spiro atoms. The quantitative estimate of drug-likeness (QED) is 0.184. The van der Waals surface area contributed by atoms with Gasteiger partial charge in [0.2, 0.25) is 10.0 Å². The number of rotatable bonds is 11. The van der Waals surface area contributed by atoms with Crippen molar-refractivity contribution in [1.29, 1.82) is 0 Å². The van der Waals surface area contributed by atoms with Crippen molar-refractivity contribution in [1.82, 2.24) is 15.0 Å². The van der Waals surface area contributed by atoms with E-state index in [1.807, 2.05) is 36.4 Å². The SMILES string of the molecule is O=[N+]([O-])c1ccc(CCCNCCNS(=O)(=O)c2cc(-c3ccccc3)cc3cnccc23)cc1. The Morgan fingerprint density at radius 2 is 1.66 bits per heavy atom. The second kappa shape index (κ2) is 11.2. The van der Waals surface area contributed by atoms with Crippen molar-refractivity contribution in [3.8, 4) is 11.1 Å². The zero-order valence-corrected chi connectivity index (χ0v) is 19.9. The predicted octanol–water partition coefficient (Wildman–Crippen LogP) is 4.31. The summed E-state index contributed by atoms with van der Waals surface area (Å²) < 4.78 is 29.0. The average molecular weight is 491 g/mol. The highest BCUT2D eigenvalue weighted by molar-refractivity contribution is 7.89. The number of non-ortho nitro benzene ring substituents is 1. The normalized spacial score (nSPS) is 11.5. The van der Waals surface area contributed by atoms with Crippen LogP contribution in [-0.4, -0.2) is 38.0 Å². The smallest absolute Gasteiger partial charge is 0.269 e. The van der Waals surface area contributed by atoms with E-state index in [4.69, 9.17) is 0 Å². The van der Waals surface area contributed by atoms with Crippen molar-refractivity contribution in [2.45, 2.75) is 17.7 Å². The lowest BCUT2D eigenvalue weighted by molar-refractivity contribution is -0.384. The Bertz CT molecular complexity index is 1410. The summed E-state index contributed by atoms with van der Waals surface area (Å²) in [7, 11) is -3.74. The zero-order chi connectivity index (χ0) is 24.7. The van der Waals surface area contributed by atoms with E-state index in [1.54, 1.807) is 36.7 Å². The first-order valence-electron chi connectivity index (χ1n) is 11.3. The number of aromatic nitrogens is 1. The van der Waals surface area contributed by atoms with Crippen LogP contribution in [0.15, 0.2) is 90.1 Å². The van der Waals surface area contributed by atoms with Crippen LogP contribution in [0.4, 0.5) is 5.69 Å². The van der Waals surface area contributed by atoms with Crippen LogP contribution in [0.5, 0.6) is 0 Å². The first-order valence-corrected chi connectivity index (χ1v) is 12.8. The second-order valence-electron chi connectivity index (χ2n) is 8.11. The van der Waals surface area contributed by atoms with Crippen LogP contribution in [0.3, 0.4) is 0 Å². The number of benzene rings is 3. The van der Waals surface area contributed by atoms with Gasteiger partial charge in [-0.15, -0.1) is 0 Å². The molecule has 4 aromatic rings. The molecule has 1 aromatic heterocycles. The summed E-state index contributed by atoms with van der Waals surface area (Å²) in [5.41, 5.74) is 2.86. The molecule has 0 aliphatic heterocycles. The fourth-order valence-corrected chi connectivity index (χ4v) is 5.16. The minimum absolute atomic E-state index is 0.0810. The molecule has 9 heteroatoms. The number of fused-ring (bicyclic) bond motifs is 1. The molecule has 8 nitrogen and oxygen atoms in total. The molecule has 0 saturated heterocycles. The molecular weight excluding hydrogens is 464 g/mol. The molecule has 2 N–H and O–H groups in total. The predicted molar refractivity (Wildman–Crippen MR) is 137 cm³/mol. The second-order valence-corrected chi connectivity index (χ2v) is 9.85. The van der Waals surface area contributed by atoms with Crippen LogP contribution < -0.4 is 10.0 Å². The number of aryl methyl sites for hydroxylation is 1. The van der Waals surface area contributed by atoms with Gasteiger partial charge in [-0.1, -0.05) is 42.5 Å². The van der Waals surface area contributed by atoms with Crippen molar-refractivity contribution in [2.24, 2.45) is 0 Å². The Balaban J connectivity index is 1.33. The molecule has 0 radical (unpaired) electrons. The molecule has 0 bridgehead atoms. The average Bonchev–Trinajstić information content (AvgIpc) is 2.88. The van der Waals surface area contributed by atoms with E-state index in [2.05, 4.69) is 15.0 Å². The highest BCUT2D eigenvalue weighted by Gasteiger charge is 2.18. The lowest BCUT2D eigenvalue weighted by Gasteiger charge is -2.13. The number of hydrogen-bond donors (Lipinski definition) is 2. The standard InChI is InChI=1S/C26H26N4O4S/c31-30(32)24-10-8-20(9-11-24)5-4-13-27-15-16-29-35(33,34)26-18-22(21-6-2-1-3-7-21)17-23-19-28-14-12-25(23)26/h1-3,6-12,14,17-19,27,29H,4-5,13,15-16H2. The summed E-state index contributed by atoms with van der Waals surface area (Å²) >= 11 is 0. The number of sulfonamides is 1. The molecule has 1 heterocycles. The zero-order valence-electron chi connectivity index (χ0n) is 19.1. The van der Waals surface area contributed by atoms with Gasteiger partial charge in [-0.3, -0.25) is 15.1 Å². The van der Waals surface area contributed by atoms with Crippen molar-refractivity contribution >= 4 is 26.5 Å². The monoisotopic (exact) mass is 490 g/mol. The summed E-state index contributed by atoms with van der Waals surface area (Å²) in [4.78, 5) is 14.7. The van der Waals surface area contributed by atoms with Gasteiger partial charge in [-0.2, -0.15) is 0 Å². The molecule has 4 rings (SSSR count). The van der Waals surface area contributed by atoms with Gasteiger partial charge >= 0.3 is 0 Å². The third kappa shape index (κ3) is 6.27. The molecule has 35 heavy (non-hydrogen) atoms. The van der Waals surface area contributed by atoms with Crippen molar-refractivity contribution in [3.05, 3.63) is 101 Å². The van der Waals surface area contributed by atoms with Crippen molar-refractivity contribution in [2.75, 3.05) is 19.6 Å². The van der Waals surface area contributed by atoms with Crippen LogP contribution >= 0.6 is 0 Å². The van der Waals surface area contributed by atoms with E-state index >= 15 is 0 Å². The van der Waals surface area contributed by atoms with E-state index in [-0.39, 0.29) is 17.1 Å². The van der Waals surface area contributed by atoms with E-state index < -0.39 is 14.9 Å².